The fourth-order valence-corrected chi connectivity index (χ4v) is 2.78. The van der Waals surface area contributed by atoms with Crippen LogP contribution in [0.15, 0.2) is 48.5 Å². The molecule has 4 rings (SSSR count). The van der Waals surface area contributed by atoms with E-state index in [1.54, 1.807) is 30.3 Å². The standard InChI is InChI=1S/C20H18N4O3/c1-12-3-5-15(13(2)9-12)21-18-7-8-19(24-23-18)22-20(25)14-4-6-16-17(10-14)27-11-26-16/h3-10H,11H2,1-2H3,(H,21,23)(H,22,24,25). The predicted octanol–water partition coefficient (Wildman–Crippen LogP) is 3.82. The summed E-state index contributed by atoms with van der Waals surface area (Å²) in [7, 11) is 0. The number of benzene rings is 2. The topological polar surface area (TPSA) is 85.4 Å². The van der Waals surface area contributed by atoms with Gasteiger partial charge in [-0.15, -0.1) is 10.2 Å². The normalized spacial score (nSPS) is 11.9. The van der Waals surface area contributed by atoms with E-state index < -0.39 is 0 Å². The first-order valence-electron chi connectivity index (χ1n) is 8.47. The zero-order valence-corrected chi connectivity index (χ0v) is 14.9. The number of aryl methyl sites for hydroxylation is 2. The van der Waals surface area contributed by atoms with Crippen molar-refractivity contribution in [3.63, 3.8) is 0 Å². The lowest BCUT2D eigenvalue weighted by molar-refractivity contribution is 0.102. The van der Waals surface area contributed by atoms with E-state index in [0.29, 0.717) is 28.7 Å². The van der Waals surface area contributed by atoms with Gasteiger partial charge in [0.1, 0.15) is 0 Å². The minimum atomic E-state index is -0.294. The molecule has 7 nitrogen and oxygen atoms in total. The van der Waals surface area contributed by atoms with Gasteiger partial charge in [0.25, 0.3) is 5.91 Å². The molecule has 0 unspecified atom stereocenters. The molecule has 0 radical (unpaired) electrons. The number of hydrogen-bond acceptors (Lipinski definition) is 6. The highest BCUT2D eigenvalue weighted by molar-refractivity contribution is 6.04. The number of anilines is 3. The second kappa shape index (κ2) is 6.95. The second-order valence-electron chi connectivity index (χ2n) is 6.27. The Morgan fingerprint density at radius 3 is 2.48 bits per heavy atom. The number of amides is 1. The Morgan fingerprint density at radius 1 is 0.926 bits per heavy atom. The van der Waals surface area contributed by atoms with Crippen LogP contribution in [0.4, 0.5) is 17.3 Å². The Bertz CT molecular complexity index is 1000. The number of ether oxygens (including phenoxy) is 2. The molecule has 0 atom stereocenters. The number of fused-ring (bicyclic) bond motifs is 1. The van der Waals surface area contributed by atoms with Crippen LogP contribution in [0, 0.1) is 13.8 Å². The first-order chi connectivity index (χ1) is 13.1. The van der Waals surface area contributed by atoms with Crippen molar-refractivity contribution in [3.05, 3.63) is 65.2 Å². The smallest absolute Gasteiger partial charge is 0.257 e. The zero-order valence-electron chi connectivity index (χ0n) is 14.9. The summed E-state index contributed by atoms with van der Waals surface area (Å²) in [6.07, 6.45) is 0. The van der Waals surface area contributed by atoms with Crippen LogP contribution in [0.25, 0.3) is 0 Å². The lowest BCUT2D eigenvalue weighted by Crippen LogP contribution is -2.13. The van der Waals surface area contributed by atoms with E-state index in [4.69, 9.17) is 9.47 Å². The van der Waals surface area contributed by atoms with Gasteiger partial charge in [-0.05, 0) is 55.8 Å². The highest BCUT2D eigenvalue weighted by Gasteiger charge is 2.16. The summed E-state index contributed by atoms with van der Waals surface area (Å²) in [5.74, 6) is 1.86. The van der Waals surface area contributed by atoms with Crippen LogP contribution in [0.2, 0.25) is 0 Å². The molecule has 7 heteroatoms. The maximum Gasteiger partial charge on any atom is 0.257 e. The number of hydrogen-bond donors (Lipinski definition) is 2. The summed E-state index contributed by atoms with van der Waals surface area (Å²) in [4.78, 5) is 12.4. The maximum absolute atomic E-state index is 12.4. The Kier molecular flexibility index (Phi) is 4.33. The largest absolute Gasteiger partial charge is 0.454 e. The predicted molar refractivity (Wildman–Crippen MR) is 102 cm³/mol. The third kappa shape index (κ3) is 3.67. The monoisotopic (exact) mass is 362 g/mol. The fourth-order valence-electron chi connectivity index (χ4n) is 2.78. The number of nitrogens with one attached hydrogen (secondary N) is 2. The molecule has 3 aromatic rings. The van der Waals surface area contributed by atoms with Gasteiger partial charge in [-0.2, -0.15) is 0 Å². The lowest BCUT2D eigenvalue weighted by Gasteiger charge is -2.10. The van der Waals surface area contributed by atoms with E-state index in [9.17, 15) is 4.79 Å². The van der Waals surface area contributed by atoms with Gasteiger partial charge in [-0.1, -0.05) is 17.7 Å². The van der Waals surface area contributed by atoms with Crippen LogP contribution in [0.1, 0.15) is 21.5 Å². The average Bonchev–Trinajstić information content (AvgIpc) is 3.13. The van der Waals surface area contributed by atoms with Crippen molar-refractivity contribution < 1.29 is 14.3 Å². The maximum atomic E-state index is 12.4. The van der Waals surface area contributed by atoms with Gasteiger partial charge in [0.15, 0.2) is 23.1 Å². The average molecular weight is 362 g/mol. The van der Waals surface area contributed by atoms with E-state index in [1.807, 2.05) is 26.0 Å². The van der Waals surface area contributed by atoms with Crippen molar-refractivity contribution >= 4 is 23.2 Å². The molecule has 1 aliphatic heterocycles. The molecular weight excluding hydrogens is 344 g/mol. The van der Waals surface area contributed by atoms with Crippen LogP contribution in [-0.2, 0) is 0 Å². The molecule has 2 N–H and O–H groups in total. The van der Waals surface area contributed by atoms with Crippen LogP contribution >= 0.6 is 0 Å². The van der Waals surface area contributed by atoms with Crippen molar-refractivity contribution in [1.29, 1.82) is 0 Å². The van der Waals surface area contributed by atoms with Gasteiger partial charge < -0.3 is 20.1 Å². The highest BCUT2D eigenvalue weighted by atomic mass is 16.7. The fraction of sp³-hybridized carbons (Fsp3) is 0.150. The Labute approximate surface area is 156 Å². The molecule has 1 amide bonds. The molecule has 0 fully saturated rings. The minimum Gasteiger partial charge on any atom is -0.454 e. The van der Waals surface area contributed by atoms with Crippen molar-refractivity contribution in [2.45, 2.75) is 13.8 Å². The van der Waals surface area contributed by atoms with Crippen LogP contribution < -0.4 is 20.1 Å². The number of rotatable bonds is 4. The Hall–Kier alpha value is -3.61. The molecule has 136 valence electrons. The number of carbonyl (C=O) groups excluding carboxylic acids is 1. The first kappa shape index (κ1) is 16.8. The molecule has 27 heavy (non-hydrogen) atoms. The molecule has 1 aromatic heterocycles. The van der Waals surface area contributed by atoms with Crippen LogP contribution in [0.5, 0.6) is 11.5 Å². The second-order valence-corrected chi connectivity index (χ2v) is 6.27. The van der Waals surface area contributed by atoms with Gasteiger partial charge in [-0.3, -0.25) is 4.79 Å². The molecule has 1 aliphatic rings. The van der Waals surface area contributed by atoms with Gasteiger partial charge in [-0.25, -0.2) is 0 Å². The lowest BCUT2D eigenvalue weighted by atomic mass is 10.1. The summed E-state index contributed by atoms with van der Waals surface area (Å²) in [6.45, 7) is 4.25. The van der Waals surface area contributed by atoms with E-state index in [0.717, 1.165) is 11.3 Å². The van der Waals surface area contributed by atoms with Crippen molar-refractivity contribution in [1.82, 2.24) is 10.2 Å². The van der Waals surface area contributed by atoms with E-state index >= 15 is 0 Å². The molecule has 0 aliphatic carbocycles. The van der Waals surface area contributed by atoms with Crippen molar-refractivity contribution in [2.24, 2.45) is 0 Å². The summed E-state index contributed by atoms with van der Waals surface area (Å²) < 4.78 is 10.5. The third-order valence-corrected chi connectivity index (χ3v) is 4.19. The summed E-state index contributed by atoms with van der Waals surface area (Å²) in [5, 5.41) is 14.1. The van der Waals surface area contributed by atoms with Crippen molar-refractivity contribution in [3.8, 4) is 11.5 Å². The molecular formula is C20H18N4O3. The molecule has 0 saturated carbocycles. The summed E-state index contributed by atoms with van der Waals surface area (Å²) >= 11 is 0. The van der Waals surface area contributed by atoms with Gasteiger partial charge in [0, 0.05) is 11.3 Å². The van der Waals surface area contributed by atoms with E-state index in [-0.39, 0.29) is 12.7 Å². The quantitative estimate of drug-likeness (QED) is 0.734. The summed E-state index contributed by atoms with van der Waals surface area (Å²) in [6, 6.07) is 14.6. The molecule has 0 spiro atoms. The number of nitrogens with zero attached hydrogens (tertiary/aromatic N) is 2. The number of aromatic nitrogens is 2. The SMILES string of the molecule is Cc1ccc(Nc2ccc(NC(=O)c3ccc4c(c3)OCO4)nn2)c(C)c1. The van der Waals surface area contributed by atoms with E-state index in [1.165, 1.54) is 5.56 Å². The third-order valence-electron chi connectivity index (χ3n) is 4.19. The van der Waals surface area contributed by atoms with Crippen LogP contribution in [0.3, 0.4) is 0 Å². The van der Waals surface area contributed by atoms with Crippen molar-refractivity contribution in [2.75, 3.05) is 17.4 Å². The van der Waals surface area contributed by atoms with Gasteiger partial charge in [0.05, 0.1) is 0 Å². The van der Waals surface area contributed by atoms with Crippen LogP contribution in [-0.4, -0.2) is 22.9 Å². The minimum absolute atomic E-state index is 0.167. The Morgan fingerprint density at radius 2 is 1.70 bits per heavy atom. The molecule has 2 heterocycles. The van der Waals surface area contributed by atoms with E-state index in [2.05, 4.69) is 26.9 Å². The molecule has 2 aromatic carbocycles. The zero-order chi connectivity index (χ0) is 18.8. The van der Waals surface area contributed by atoms with Gasteiger partial charge >= 0.3 is 0 Å². The number of carbonyl (C=O) groups is 1. The molecule has 0 saturated heterocycles. The first-order valence-corrected chi connectivity index (χ1v) is 8.47. The Balaban J connectivity index is 1.43. The molecule has 0 bridgehead atoms. The summed E-state index contributed by atoms with van der Waals surface area (Å²) in [5.41, 5.74) is 3.74. The highest BCUT2D eigenvalue weighted by Crippen LogP contribution is 2.32. The van der Waals surface area contributed by atoms with Gasteiger partial charge in [0.2, 0.25) is 6.79 Å².